The van der Waals surface area contributed by atoms with Gasteiger partial charge in [-0.2, -0.15) is 0 Å². The van der Waals surface area contributed by atoms with E-state index < -0.39 is 27.6 Å². The highest BCUT2D eigenvalue weighted by atomic mass is 35.5. The van der Waals surface area contributed by atoms with Gasteiger partial charge in [-0.15, -0.1) is 0 Å². The number of benzene rings is 2. The maximum absolute atomic E-state index is 13.6. The van der Waals surface area contributed by atoms with E-state index in [0.717, 1.165) is 44.9 Å². The molecule has 1 saturated carbocycles. The number of aryl methyl sites for hydroxylation is 1. The van der Waals surface area contributed by atoms with Gasteiger partial charge in [-0.25, -0.2) is 17.9 Å². The fourth-order valence-electron chi connectivity index (χ4n) is 7.97. The Hall–Kier alpha value is -3.28. The molecule has 5 aliphatic rings. The van der Waals surface area contributed by atoms with E-state index in [0.29, 0.717) is 49.2 Å². The van der Waals surface area contributed by atoms with E-state index >= 15 is 0 Å². The first-order valence-corrected chi connectivity index (χ1v) is 18.9. The third kappa shape index (κ3) is 6.41. The number of carbonyl (C=O) groups is 2. The zero-order chi connectivity index (χ0) is 33.7. The summed E-state index contributed by atoms with van der Waals surface area (Å²) in [5, 5.41) is 0.707. The van der Waals surface area contributed by atoms with Crippen LogP contribution >= 0.6 is 11.6 Å². The average molecular weight is 698 g/mol. The van der Waals surface area contributed by atoms with Gasteiger partial charge < -0.3 is 24.0 Å². The number of hydrogen-bond acceptors (Lipinski definition) is 8. The van der Waals surface area contributed by atoms with Gasteiger partial charge in [0.15, 0.2) is 0 Å². The molecule has 258 valence electrons. The maximum Gasteiger partial charge on any atom is 0.410 e. The van der Waals surface area contributed by atoms with Crippen molar-refractivity contribution in [2.45, 2.75) is 80.8 Å². The number of hydrogen-bond donors (Lipinski definition) is 1. The Kier molecular flexibility index (Phi) is 8.91. The van der Waals surface area contributed by atoms with Crippen molar-refractivity contribution in [2.24, 2.45) is 11.8 Å². The van der Waals surface area contributed by atoms with Crippen molar-refractivity contribution < 1.29 is 32.2 Å². The van der Waals surface area contributed by atoms with Crippen LogP contribution in [0.5, 0.6) is 5.75 Å². The number of amides is 2. The van der Waals surface area contributed by atoms with E-state index in [4.69, 9.17) is 25.8 Å². The summed E-state index contributed by atoms with van der Waals surface area (Å²) in [6.07, 6.45) is 9.48. The van der Waals surface area contributed by atoms with Crippen LogP contribution in [0.3, 0.4) is 0 Å². The molecule has 0 radical (unpaired) electrons. The zero-order valence-electron chi connectivity index (χ0n) is 27.6. The number of fused-ring (bicyclic) bond motifs is 4. The van der Waals surface area contributed by atoms with Gasteiger partial charge in [0.2, 0.25) is 0 Å². The van der Waals surface area contributed by atoms with Crippen molar-refractivity contribution in [3.05, 3.63) is 64.7 Å². The molecule has 2 bridgehead atoms. The molecular formula is C36H44ClN3O7S. The largest absolute Gasteiger partial charge is 0.490 e. The lowest BCUT2D eigenvalue weighted by molar-refractivity contribution is -0.139. The van der Waals surface area contributed by atoms with Crippen LogP contribution in [-0.2, 0) is 36.1 Å². The second-order valence-electron chi connectivity index (χ2n) is 14.5. The normalized spacial score (nSPS) is 29.5. The molecule has 1 N–H and O–H groups in total. The molecule has 2 amide bonds. The van der Waals surface area contributed by atoms with Gasteiger partial charge in [0.25, 0.3) is 15.9 Å². The van der Waals surface area contributed by atoms with Crippen molar-refractivity contribution >= 4 is 39.3 Å². The minimum absolute atomic E-state index is 0.0275. The number of sulfonamides is 1. The van der Waals surface area contributed by atoms with E-state index in [2.05, 4.69) is 21.8 Å². The molecule has 3 heterocycles. The topological polar surface area (TPSA) is 114 Å². The molecule has 0 unspecified atom stereocenters. The van der Waals surface area contributed by atoms with Crippen LogP contribution in [-0.4, -0.2) is 76.4 Å². The molecule has 2 aromatic rings. The molecule has 2 aliphatic carbocycles. The lowest BCUT2D eigenvalue weighted by atomic mass is 9.68. The van der Waals surface area contributed by atoms with E-state index in [1.165, 1.54) is 31.0 Å². The lowest BCUT2D eigenvalue weighted by Gasteiger charge is -2.46. The predicted octanol–water partition coefficient (Wildman–Crippen LogP) is 5.61. The smallest absolute Gasteiger partial charge is 0.410 e. The zero-order valence-corrected chi connectivity index (χ0v) is 29.2. The number of anilines is 1. The number of carbonyl (C=O) groups excluding carboxylic acids is 2. The van der Waals surface area contributed by atoms with Crippen molar-refractivity contribution in [2.75, 3.05) is 44.3 Å². The lowest BCUT2D eigenvalue weighted by Crippen LogP contribution is -2.50. The van der Waals surface area contributed by atoms with Gasteiger partial charge in [0, 0.05) is 42.5 Å². The summed E-state index contributed by atoms with van der Waals surface area (Å²) in [6, 6.07) is 10.9. The Morgan fingerprint density at radius 3 is 2.67 bits per heavy atom. The van der Waals surface area contributed by atoms with Crippen molar-refractivity contribution in [3.8, 4) is 5.75 Å². The summed E-state index contributed by atoms with van der Waals surface area (Å²) >= 11 is 6.43. The second kappa shape index (κ2) is 12.9. The van der Waals surface area contributed by atoms with Crippen LogP contribution in [0, 0.1) is 11.8 Å². The van der Waals surface area contributed by atoms with E-state index in [1.54, 1.807) is 23.1 Å². The average Bonchev–Trinajstić information content (AvgIpc) is 3.53. The highest BCUT2D eigenvalue weighted by Crippen LogP contribution is 2.47. The number of likely N-dealkylation sites (tertiary alicyclic amines) is 1. The Labute approximate surface area is 287 Å². The van der Waals surface area contributed by atoms with Crippen molar-refractivity contribution in [1.29, 1.82) is 0 Å². The fraction of sp³-hybridized carbons (Fsp3) is 0.556. The third-order valence-corrected chi connectivity index (χ3v) is 12.5. The molecule has 48 heavy (non-hydrogen) atoms. The Morgan fingerprint density at radius 2 is 1.90 bits per heavy atom. The number of halogens is 1. The molecule has 10 nitrogen and oxygen atoms in total. The number of nitrogens with one attached hydrogen (secondary N) is 1. The fourth-order valence-corrected chi connectivity index (χ4v) is 9.29. The molecule has 7 rings (SSSR count). The molecule has 1 saturated heterocycles. The molecule has 4 atom stereocenters. The molecule has 2 aromatic carbocycles. The molecule has 12 heteroatoms. The van der Waals surface area contributed by atoms with E-state index in [-0.39, 0.29) is 34.8 Å². The van der Waals surface area contributed by atoms with Crippen LogP contribution in [0.25, 0.3) is 0 Å². The van der Waals surface area contributed by atoms with Crippen molar-refractivity contribution in [1.82, 2.24) is 9.62 Å². The van der Waals surface area contributed by atoms with Gasteiger partial charge in [0.1, 0.15) is 17.5 Å². The second-order valence-corrected chi connectivity index (χ2v) is 16.6. The quantitative estimate of drug-likeness (QED) is 0.383. The SMILES string of the molecule is CC1(C)OCC=C[C@H](OC(=O)N2CCCC2)[C@@H]2CC[C@H]2CN2C[C@@]3(CCCc4cc(Cl)ccc43)COc3ccc(cc32)S(=O)(=O)NC1=O. The Morgan fingerprint density at radius 1 is 1.08 bits per heavy atom. The summed E-state index contributed by atoms with van der Waals surface area (Å²) in [5.74, 6) is 0.0480. The summed E-state index contributed by atoms with van der Waals surface area (Å²) in [5.41, 5.74) is 1.31. The van der Waals surface area contributed by atoms with E-state index in [1.807, 2.05) is 12.1 Å². The highest BCUT2D eigenvalue weighted by molar-refractivity contribution is 7.90. The van der Waals surface area contributed by atoms with Crippen LogP contribution in [0.2, 0.25) is 5.02 Å². The van der Waals surface area contributed by atoms with Gasteiger partial charge in [0.05, 0.1) is 23.8 Å². The third-order valence-electron chi connectivity index (χ3n) is 10.9. The van der Waals surface area contributed by atoms with Gasteiger partial charge in [-0.05, 0) is 112 Å². The molecule has 2 fully saturated rings. The summed E-state index contributed by atoms with van der Waals surface area (Å²) < 4.78 is 48.1. The first-order chi connectivity index (χ1) is 22.9. The minimum Gasteiger partial charge on any atom is -0.490 e. The number of rotatable bonds is 1. The first-order valence-electron chi connectivity index (χ1n) is 17.1. The van der Waals surface area contributed by atoms with Gasteiger partial charge in [-0.1, -0.05) is 23.7 Å². The van der Waals surface area contributed by atoms with Crippen molar-refractivity contribution in [3.63, 3.8) is 0 Å². The van der Waals surface area contributed by atoms with Crippen LogP contribution < -0.4 is 14.4 Å². The van der Waals surface area contributed by atoms with Crippen LogP contribution in [0.1, 0.15) is 63.5 Å². The molecule has 3 aliphatic heterocycles. The molecule has 1 spiro atoms. The molecule has 0 aromatic heterocycles. The minimum atomic E-state index is -4.23. The summed E-state index contributed by atoms with van der Waals surface area (Å²) in [4.78, 5) is 30.5. The number of ether oxygens (including phenoxy) is 3. The standard InChI is InChI=1S/C36H44ClN3O7S/c1-35(2)33(41)38-48(43,44)27-11-14-32-30(20-27)40(22-36(23-45-32)15-5-7-24-19-26(37)10-13-29(24)36)21-25-9-12-28(25)31(8-6-18-46-35)47-34(42)39-16-3-4-17-39/h6,8,10-11,13-14,19-20,25,28,31H,3-5,7,9,12,15-18,21-23H2,1-2H3,(H,38,41)/t25-,28+,31-,36-/m0/s1. The number of nitrogens with zero attached hydrogens (tertiary/aromatic N) is 2. The summed E-state index contributed by atoms with van der Waals surface area (Å²) in [7, 11) is -4.23. The first kappa shape index (κ1) is 33.2. The van der Waals surface area contributed by atoms with Crippen LogP contribution in [0.15, 0.2) is 53.4 Å². The molecular weight excluding hydrogens is 654 g/mol. The summed E-state index contributed by atoms with van der Waals surface area (Å²) in [6.45, 7) is 6.17. The van der Waals surface area contributed by atoms with E-state index in [9.17, 15) is 18.0 Å². The Balaban J connectivity index is 1.29. The van der Waals surface area contributed by atoms with Crippen LogP contribution in [0.4, 0.5) is 10.5 Å². The predicted molar refractivity (Wildman–Crippen MR) is 182 cm³/mol. The Bertz CT molecular complexity index is 1720. The van der Waals surface area contributed by atoms with Gasteiger partial charge >= 0.3 is 6.09 Å². The maximum atomic E-state index is 13.6. The highest BCUT2D eigenvalue weighted by Gasteiger charge is 2.45. The van der Waals surface area contributed by atoms with Gasteiger partial charge in [-0.3, -0.25) is 4.79 Å². The monoisotopic (exact) mass is 697 g/mol.